The van der Waals surface area contributed by atoms with Gasteiger partial charge < -0.3 is 10.5 Å². The van der Waals surface area contributed by atoms with Crippen molar-refractivity contribution in [1.82, 2.24) is 4.72 Å². The summed E-state index contributed by atoms with van der Waals surface area (Å²) in [6, 6.07) is 3.67. The summed E-state index contributed by atoms with van der Waals surface area (Å²) in [5, 5.41) is 0. The molecule has 0 aliphatic heterocycles. The molecule has 0 radical (unpaired) electrons. The van der Waals surface area contributed by atoms with E-state index in [9.17, 15) is 12.8 Å². The van der Waals surface area contributed by atoms with Gasteiger partial charge in [0.05, 0.1) is 6.10 Å². The zero-order chi connectivity index (χ0) is 14.8. The highest BCUT2D eigenvalue weighted by Crippen LogP contribution is 2.24. The van der Waals surface area contributed by atoms with Crippen LogP contribution in [0.1, 0.15) is 24.8 Å². The molecule has 0 aromatic heterocycles. The zero-order valence-electron chi connectivity index (χ0n) is 11.3. The van der Waals surface area contributed by atoms with E-state index in [1.54, 1.807) is 7.11 Å². The average Bonchev–Trinajstić information content (AvgIpc) is 2.86. The smallest absolute Gasteiger partial charge is 0.243 e. The maximum Gasteiger partial charge on any atom is 0.243 e. The summed E-state index contributed by atoms with van der Waals surface area (Å²) < 4.78 is 45.9. The highest BCUT2D eigenvalue weighted by atomic mass is 32.2. The van der Waals surface area contributed by atoms with Crippen LogP contribution in [0.2, 0.25) is 0 Å². The van der Waals surface area contributed by atoms with Gasteiger partial charge in [-0.1, -0.05) is 6.07 Å². The molecule has 1 aliphatic carbocycles. The van der Waals surface area contributed by atoms with E-state index >= 15 is 0 Å². The number of sulfonamides is 1. The lowest BCUT2D eigenvalue weighted by molar-refractivity contribution is 0.107. The van der Waals surface area contributed by atoms with Crippen LogP contribution < -0.4 is 10.5 Å². The molecule has 1 aromatic rings. The van der Waals surface area contributed by atoms with Crippen molar-refractivity contribution >= 4 is 10.0 Å². The number of halogens is 1. The maximum absolute atomic E-state index is 13.7. The van der Waals surface area contributed by atoms with E-state index in [0.717, 1.165) is 12.5 Å². The number of hydrogen-bond acceptors (Lipinski definition) is 4. The number of hydrogen-bond donors (Lipinski definition) is 2. The third-order valence-electron chi connectivity index (χ3n) is 3.56. The molecule has 2 unspecified atom stereocenters. The summed E-state index contributed by atoms with van der Waals surface area (Å²) in [7, 11) is -2.27. The Morgan fingerprint density at radius 3 is 2.80 bits per heavy atom. The second-order valence-corrected chi connectivity index (χ2v) is 6.64. The van der Waals surface area contributed by atoms with Gasteiger partial charge in [0.15, 0.2) is 0 Å². The Bertz CT molecular complexity index is 577. The van der Waals surface area contributed by atoms with E-state index in [0.29, 0.717) is 18.4 Å². The molecule has 0 heterocycles. The van der Waals surface area contributed by atoms with Gasteiger partial charge in [-0.2, -0.15) is 0 Å². The Morgan fingerprint density at radius 2 is 2.20 bits per heavy atom. The van der Waals surface area contributed by atoms with Crippen LogP contribution in [0.4, 0.5) is 4.39 Å². The molecule has 1 fully saturated rings. The van der Waals surface area contributed by atoms with Gasteiger partial charge in [-0.25, -0.2) is 17.5 Å². The minimum absolute atomic E-state index is 0.0583. The van der Waals surface area contributed by atoms with Gasteiger partial charge >= 0.3 is 0 Å². The SMILES string of the molecule is COC1CCC(NS(=O)(=O)c2cc(CN)ccc2F)C1. The molecule has 0 spiro atoms. The Balaban J connectivity index is 2.18. The summed E-state index contributed by atoms with van der Waals surface area (Å²) in [6.07, 6.45) is 2.15. The highest BCUT2D eigenvalue weighted by molar-refractivity contribution is 7.89. The monoisotopic (exact) mass is 302 g/mol. The Kier molecular flexibility index (Phi) is 4.74. The summed E-state index contributed by atoms with van der Waals surface area (Å²) >= 11 is 0. The molecule has 1 aromatic carbocycles. The standard InChI is InChI=1S/C13H19FN2O3S/c1-19-11-4-3-10(7-11)16-20(17,18)13-6-9(8-15)2-5-12(13)14/h2,5-6,10-11,16H,3-4,7-8,15H2,1H3. The van der Waals surface area contributed by atoms with E-state index in [-0.39, 0.29) is 23.6 Å². The molecule has 1 saturated carbocycles. The number of nitrogens with one attached hydrogen (secondary N) is 1. The van der Waals surface area contributed by atoms with Crippen molar-refractivity contribution in [2.75, 3.05) is 7.11 Å². The molecule has 0 saturated heterocycles. The summed E-state index contributed by atoms with van der Waals surface area (Å²) in [5.41, 5.74) is 6.03. The molecule has 3 N–H and O–H groups in total. The van der Waals surface area contributed by atoms with Crippen LogP contribution in [0.5, 0.6) is 0 Å². The van der Waals surface area contributed by atoms with Crippen molar-refractivity contribution in [3.63, 3.8) is 0 Å². The molecule has 2 atom stereocenters. The van der Waals surface area contributed by atoms with Crippen LogP contribution >= 0.6 is 0 Å². The summed E-state index contributed by atoms with van der Waals surface area (Å²) in [5.74, 6) is -0.768. The zero-order valence-corrected chi connectivity index (χ0v) is 12.1. The van der Waals surface area contributed by atoms with Gasteiger partial charge in [0.25, 0.3) is 0 Å². The lowest BCUT2D eigenvalue weighted by Crippen LogP contribution is -2.34. The molecule has 7 heteroatoms. The third-order valence-corrected chi connectivity index (χ3v) is 5.10. The fourth-order valence-corrected chi connectivity index (χ4v) is 3.84. The van der Waals surface area contributed by atoms with Crippen molar-refractivity contribution in [3.8, 4) is 0 Å². The van der Waals surface area contributed by atoms with E-state index < -0.39 is 15.8 Å². The molecular weight excluding hydrogens is 283 g/mol. The summed E-state index contributed by atoms with van der Waals surface area (Å²) in [6.45, 7) is 0.165. The molecule has 5 nitrogen and oxygen atoms in total. The Hall–Kier alpha value is -1.02. The van der Waals surface area contributed by atoms with E-state index in [1.165, 1.54) is 12.1 Å². The third kappa shape index (κ3) is 3.35. The van der Waals surface area contributed by atoms with Gasteiger partial charge in [0.2, 0.25) is 10.0 Å². The lowest BCUT2D eigenvalue weighted by atomic mass is 10.2. The second kappa shape index (κ2) is 6.17. The summed E-state index contributed by atoms with van der Waals surface area (Å²) in [4.78, 5) is -0.346. The molecule has 1 aliphatic rings. The topological polar surface area (TPSA) is 81.4 Å². The van der Waals surface area contributed by atoms with Crippen LogP contribution in [-0.4, -0.2) is 27.7 Å². The Morgan fingerprint density at radius 1 is 1.45 bits per heavy atom. The number of methoxy groups -OCH3 is 1. The average molecular weight is 302 g/mol. The predicted molar refractivity (Wildman–Crippen MR) is 73.0 cm³/mol. The molecule has 20 heavy (non-hydrogen) atoms. The minimum atomic E-state index is -3.87. The Labute approximate surface area is 118 Å². The fourth-order valence-electron chi connectivity index (χ4n) is 2.42. The van der Waals surface area contributed by atoms with Crippen LogP contribution in [-0.2, 0) is 21.3 Å². The molecule has 112 valence electrons. The van der Waals surface area contributed by atoms with Crippen molar-refractivity contribution in [2.45, 2.75) is 42.8 Å². The normalized spacial score (nSPS) is 23.1. The second-order valence-electron chi connectivity index (χ2n) is 4.96. The maximum atomic E-state index is 13.7. The quantitative estimate of drug-likeness (QED) is 0.854. The minimum Gasteiger partial charge on any atom is -0.381 e. The van der Waals surface area contributed by atoms with Gasteiger partial charge in [0.1, 0.15) is 10.7 Å². The van der Waals surface area contributed by atoms with Crippen LogP contribution in [0, 0.1) is 5.82 Å². The van der Waals surface area contributed by atoms with Crippen molar-refractivity contribution in [2.24, 2.45) is 5.73 Å². The number of nitrogens with two attached hydrogens (primary N) is 1. The van der Waals surface area contributed by atoms with Crippen LogP contribution in [0.15, 0.2) is 23.1 Å². The van der Waals surface area contributed by atoms with Crippen LogP contribution in [0.25, 0.3) is 0 Å². The van der Waals surface area contributed by atoms with E-state index in [4.69, 9.17) is 10.5 Å². The lowest BCUT2D eigenvalue weighted by Gasteiger charge is -2.14. The van der Waals surface area contributed by atoms with Crippen molar-refractivity contribution in [3.05, 3.63) is 29.6 Å². The molecule has 0 bridgehead atoms. The number of benzene rings is 1. The van der Waals surface area contributed by atoms with Gasteiger partial charge in [0, 0.05) is 19.7 Å². The first-order chi connectivity index (χ1) is 9.46. The molecular formula is C13H19FN2O3S. The molecule has 0 amide bonds. The van der Waals surface area contributed by atoms with Gasteiger partial charge in [-0.05, 0) is 37.0 Å². The molecule has 2 rings (SSSR count). The van der Waals surface area contributed by atoms with Crippen molar-refractivity contribution < 1.29 is 17.5 Å². The van der Waals surface area contributed by atoms with Crippen LogP contribution in [0.3, 0.4) is 0 Å². The fraction of sp³-hybridized carbons (Fsp3) is 0.538. The van der Waals surface area contributed by atoms with Gasteiger partial charge in [-0.3, -0.25) is 0 Å². The first kappa shape index (κ1) is 15.4. The number of ether oxygens (including phenoxy) is 1. The number of rotatable bonds is 5. The largest absolute Gasteiger partial charge is 0.381 e. The van der Waals surface area contributed by atoms with Crippen molar-refractivity contribution in [1.29, 1.82) is 0 Å². The van der Waals surface area contributed by atoms with E-state index in [1.807, 2.05) is 0 Å². The van der Waals surface area contributed by atoms with Gasteiger partial charge in [-0.15, -0.1) is 0 Å². The predicted octanol–water partition coefficient (Wildman–Crippen LogP) is 1.13. The van der Waals surface area contributed by atoms with E-state index in [2.05, 4.69) is 4.72 Å². The first-order valence-electron chi connectivity index (χ1n) is 6.50. The highest BCUT2D eigenvalue weighted by Gasteiger charge is 2.29. The first-order valence-corrected chi connectivity index (χ1v) is 7.98.